The van der Waals surface area contributed by atoms with Crippen LogP contribution in [0, 0.1) is 5.41 Å². The monoisotopic (exact) mass is 115 g/mol. The third-order valence-corrected chi connectivity index (χ3v) is 2.10. The van der Waals surface area contributed by atoms with E-state index >= 15 is 0 Å². The first-order valence-corrected chi connectivity index (χ1v) is 3.05. The van der Waals surface area contributed by atoms with E-state index in [0.717, 1.165) is 12.8 Å². The van der Waals surface area contributed by atoms with Gasteiger partial charge < -0.3 is 10.8 Å². The van der Waals surface area contributed by atoms with Crippen molar-refractivity contribution in [1.29, 1.82) is 0 Å². The molecule has 0 aromatic rings. The van der Waals surface area contributed by atoms with Gasteiger partial charge in [-0.1, -0.05) is 6.92 Å². The molecule has 1 aliphatic carbocycles. The first kappa shape index (κ1) is 6.05. The standard InChI is InChI=1S/C6H13NO/c1-6(2-3-8)4-5(6)7/h5,8H,2-4,7H2,1H3/t5-,6?/m0/s1. The topological polar surface area (TPSA) is 46.2 Å². The van der Waals surface area contributed by atoms with Crippen LogP contribution in [0.1, 0.15) is 19.8 Å². The van der Waals surface area contributed by atoms with Gasteiger partial charge in [-0.05, 0) is 18.3 Å². The van der Waals surface area contributed by atoms with E-state index in [1.165, 1.54) is 0 Å². The summed E-state index contributed by atoms with van der Waals surface area (Å²) in [6.45, 7) is 2.40. The smallest absolute Gasteiger partial charge is 0.0436 e. The van der Waals surface area contributed by atoms with Gasteiger partial charge in [-0.3, -0.25) is 0 Å². The second-order valence-electron chi connectivity index (χ2n) is 2.94. The van der Waals surface area contributed by atoms with Crippen LogP contribution in [0.5, 0.6) is 0 Å². The Morgan fingerprint density at radius 3 is 2.50 bits per heavy atom. The lowest BCUT2D eigenvalue weighted by Crippen LogP contribution is -2.11. The molecule has 2 heteroatoms. The summed E-state index contributed by atoms with van der Waals surface area (Å²) in [6.07, 6.45) is 1.96. The average Bonchev–Trinajstić information content (AvgIpc) is 2.16. The minimum absolute atomic E-state index is 0.282. The third-order valence-electron chi connectivity index (χ3n) is 2.10. The molecule has 48 valence electrons. The number of hydrogen-bond acceptors (Lipinski definition) is 2. The molecule has 1 aliphatic rings. The van der Waals surface area contributed by atoms with Crippen molar-refractivity contribution in [2.24, 2.45) is 11.1 Å². The lowest BCUT2D eigenvalue weighted by molar-refractivity contribution is 0.253. The fourth-order valence-electron chi connectivity index (χ4n) is 0.986. The summed E-state index contributed by atoms with van der Waals surface area (Å²) in [6, 6.07) is 0.356. The summed E-state index contributed by atoms with van der Waals surface area (Å²) < 4.78 is 0. The molecule has 0 aliphatic heterocycles. The van der Waals surface area contributed by atoms with E-state index in [2.05, 4.69) is 6.92 Å². The van der Waals surface area contributed by atoms with E-state index in [9.17, 15) is 0 Å². The zero-order chi connectivity index (χ0) is 6.20. The predicted octanol–water partition coefficient (Wildman–Crippen LogP) is 0.106. The van der Waals surface area contributed by atoms with Crippen LogP contribution in [0.4, 0.5) is 0 Å². The number of aliphatic hydroxyl groups is 1. The molecule has 3 N–H and O–H groups in total. The van der Waals surface area contributed by atoms with E-state index in [-0.39, 0.29) is 12.0 Å². The Balaban J connectivity index is 2.25. The largest absolute Gasteiger partial charge is 0.396 e. The molecule has 1 unspecified atom stereocenters. The molecule has 0 bridgehead atoms. The van der Waals surface area contributed by atoms with Crippen LogP contribution in [-0.4, -0.2) is 17.8 Å². The molecule has 0 amide bonds. The lowest BCUT2D eigenvalue weighted by atomic mass is 10.1. The van der Waals surface area contributed by atoms with Gasteiger partial charge in [0.2, 0.25) is 0 Å². The van der Waals surface area contributed by atoms with E-state index in [1.807, 2.05) is 0 Å². The maximum absolute atomic E-state index is 8.50. The highest BCUT2D eigenvalue weighted by atomic mass is 16.3. The first-order valence-electron chi connectivity index (χ1n) is 3.05. The lowest BCUT2D eigenvalue weighted by Gasteiger charge is -2.03. The van der Waals surface area contributed by atoms with Crippen LogP contribution in [-0.2, 0) is 0 Å². The quantitative estimate of drug-likeness (QED) is 0.536. The SMILES string of the molecule is CC1(CCO)C[C@@H]1N. The van der Waals surface area contributed by atoms with Gasteiger partial charge in [0.1, 0.15) is 0 Å². The second-order valence-corrected chi connectivity index (χ2v) is 2.94. The van der Waals surface area contributed by atoms with Crippen molar-refractivity contribution in [3.8, 4) is 0 Å². The normalized spacial score (nSPS) is 44.6. The Labute approximate surface area is 49.7 Å². The van der Waals surface area contributed by atoms with Crippen molar-refractivity contribution in [1.82, 2.24) is 0 Å². The Kier molecular flexibility index (Phi) is 1.29. The van der Waals surface area contributed by atoms with E-state index in [4.69, 9.17) is 10.8 Å². The molecule has 0 spiro atoms. The Morgan fingerprint density at radius 1 is 1.88 bits per heavy atom. The first-order chi connectivity index (χ1) is 3.69. The Morgan fingerprint density at radius 2 is 2.38 bits per heavy atom. The van der Waals surface area contributed by atoms with Gasteiger partial charge in [0.25, 0.3) is 0 Å². The molecule has 0 radical (unpaired) electrons. The summed E-state index contributed by atoms with van der Waals surface area (Å²) in [5.74, 6) is 0. The maximum atomic E-state index is 8.50. The maximum Gasteiger partial charge on any atom is 0.0436 e. The van der Waals surface area contributed by atoms with Crippen LogP contribution in [0.2, 0.25) is 0 Å². The van der Waals surface area contributed by atoms with Gasteiger partial charge in [0.05, 0.1) is 0 Å². The molecule has 1 saturated carbocycles. The van der Waals surface area contributed by atoms with Gasteiger partial charge in [-0.15, -0.1) is 0 Å². The van der Waals surface area contributed by atoms with E-state index in [1.54, 1.807) is 0 Å². The van der Waals surface area contributed by atoms with Crippen molar-refractivity contribution >= 4 is 0 Å². The molecule has 0 saturated heterocycles. The summed E-state index contributed by atoms with van der Waals surface area (Å²) >= 11 is 0. The fourth-order valence-corrected chi connectivity index (χ4v) is 0.986. The van der Waals surface area contributed by atoms with Crippen molar-refractivity contribution in [2.45, 2.75) is 25.8 Å². The second kappa shape index (κ2) is 1.71. The molecule has 1 rings (SSSR count). The number of rotatable bonds is 2. The van der Waals surface area contributed by atoms with Gasteiger partial charge in [0.15, 0.2) is 0 Å². The van der Waals surface area contributed by atoms with Crippen LogP contribution < -0.4 is 5.73 Å². The van der Waals surface area contributed by atoms with Gasteiger partial charge >= 0.3 is 0 Å². The molecule has 0 heterocycles. The Bertz CT molecular complexity index is 94.5. The molecule has 0 aromatic carbocycles. The summed E-state index contributed by atoms with van der Waals surface area (Å²) in [7, 11) is 0. The van der Waals surface area contributed by atoms with Gasteiger partial charge in [-0.25, -0.2) is 0 Å². The number of hydrogen-bond donors (Lipinski definition) is 2. The van der Waals surface area contributed by atoms with Crippen LogP contribution in [0.25, 0.3) is 0 Å². The zero-order valence-electron chi connectivity index (χ0n) is 5.22. The van der Waals surface area contributed by atoms with Crippen molar-refractivity contribution in [2.75, 3.05) is 6.61 Å². The highest BCUT2D eigenvalue weighted by Gasteiger charge is 2.46. The average molecular weight is 115 g/mol. The fraction of sp³-hybridized carbons (Fsp3) is 1.00. The highest BCUT2D eigenvalue weighted by Crippen LogP contribution is 2.46. The Hall–Kier alpha value is -0.0800. The third kappa shape index (κ3) is 0.858. The van der Waals surface area contributed by atoms with Gasteiger partial charge in [-0.2, -0.15) is 0 Å². The number of nitrogens with two attached hydrogens (primary N) is 1. The van der Waals surface area contributed by atoms with E-state index in [0.29, 0.717) is 6.04 Å². The van der Waals surface area contributed by atoms with E-state index < -0.39 is 0 Å². The summed E-state index contributed by atoms with van der Waals surface area (Å²) in [4.78, 5) is 0. The molecule has 2 nitrogen and oxygen atoms in total. The predicted molar refractivity (Wildman–Crippen MR) is 32.4 cm³/mol. The minimum atomic E-state index is 0.282. The minimum Gasteiger partial charge on any atom is -0.396 e. The zero-order valence-corrected chi connectivity index (χ0v) is 5.22. The molecular weight excluding hydrogens is 102 g/mol. The van der Waals surface area contributed by atoms with Gasteiger partial charge in [0, 0.05) is 12.6 Å². The summed E-state index contributed by atoms with van der Waals surface area (Å²) in [5.41, 5.74) is 5.86. The summed E-state index contributed by atoms with van der Waals surface area (Å²) in [5, 5.41) is 8.50. The molecule has 8 heavy (non-hydrogen) atoms. The molecular formula is C6H13NO. The highest BCUT2D eigenvalue weighted by molar-refractivity contribution is 5.02. The molecule has 1 fully saturated rings. The molecule has 0 aromatic heterocycles. The van der Waals surface area contributed by atoms with Crippen molar-refractivity contribution in [3.63, 3.8) is 0 Å². The van der Waals surface area contributed by atoms with Crippen LogP contribution >= 0.6 is 0 Å². The van der Waals surface area contributed by atoms with Crippen LogP contribution in [0.3, 0.4) is 0 Å². The number of aliphatic hydroxyl groups excluding tert-OH is 1. The van der Waals surface area contributed by atoms with Crippen molar-refractivity contribution < 1.29 is 5.11 Å². The molecule has 2 atom stereocenters. The van der Waals surface area contributed by atoms with Crippen LogP contribution in [0.15, 0.2) is 0 Å². The van der Waals surface area contributed by atoms with Crippen molar-refractivity contribution in [3.05, 3.63) is 0 Å².